The lowest BCUT2D eigenvalue weighted by Gasteiger charge is -2.29. The van der Waals surface area contributed by atoms with E-state index in [0.29, 0.717) is 31.6 Å². The molecule has 6 nitrogen and oxygen atoms in total. The molecule has 6 heteroatoms. The number of benzene rings is 1. The topological polar surface area (TPSA) is 71.6 Å². The zero-order chi connectivity index (χ0) is 19.6. The minimum absolute atomic E-state index is 0.0148. The predicted molar refractivity (Wildman–Crippen MR) is 106 cm³/mol. The molecular weight excluding hydrogens is 340 g/mol. The van der Waals surface area contributed by atoms with Gasteiger partial charge in [-0.2, -0.15) is 0 Å². The van der Waals surface area contributed by atoms with Crippen molar-refractivity contribution in [3.8, 4) is 5.69 Å². The van der Waals surface area contributed by atoms with Crippen molar-refractivity contribution in [2.75, 3.05) is 19.6 Å². The van der Waals surface area contributed by atoms with Crippen LogP contribution in [0.15, 0.2) is 42.7 Å². The van der Waals surface area contributed by atoms with E-state index in [1.165, 1.54) is 0 Å². The van der Waals surface area contributed by atoms with Crippen molar-refractivity contribution in [2.45, 2.75) is 39.3 Å². The molecule has 2 amide bonds. The molecule has 0 spiro atoms. The molecule has 0 aliphatic carbocycles. The lowest BCUT2D eigenvalue weighted by atomic mass is 10.1. The Morgan fingerprint density at radius 2 is 1.85 bits per heavy atom. The Kier molecular flexibility index (Phi) is 5.65. The molecule has 0 saturated carbocycles. The maximum Gasteiger partial charge on any atom is 0.254 e. The Bertz CT molecular complexity index is 812. The van der Waals surface area contributed by atoms with Gasteiger partial charge in [-0.05, 0) is 57.0 Å². The van der Waals surface area contributed by atoms with Crippen molar-refractivity contribution in [3.05, 3.63) is 53.9 Å². The second kappa shape index (κ2) is 7.96. The van der Waals surface area contributed by atoms with E-state index < -0.39 is 6.04 Å². The molecule has 1 aliphatic heterocycles. The van der Waals surface area contributed by atoms with Crippen LogP contribution in [0.1, 0.15) is 36.2 Å². The van der Waals surface area contributed by atoms with Crippen molar-refractivity contribution in [3.63, 3.8) is 0 Å². The first-order valence-corrected chi connectivity index (χ1v) is 9.55. The average molecular weight is 368 g/mol. The van der Waals surface area contributed by atoms with Gasteiger partial charge in [-0.15, -0.1) is 0 Å². The molecule has 27 heavy (non-hydrogen) atoms. The van der Waals surface area contributed by atoms with Crippen LogP contribution < -0.4 is 5.73 Å². The van der Waals surface area contributed by atoms with Gasteiger partial charge in [0, 0.05) is 49.3 Å². The summed E-state index contributed by atoms with van der Waals surface area (Å²) in [4.78, 5) is 29.5. The number of carbonyl (C=O) groups excluding carboxylic acids is 2. The first-order chi connectivity index (χ1) is 13.0. The SMILES string of the molecule is CCN(CC)C(=O)[C@@H]1C[C@H](N)CN1C(=O)c1ccc(C)c(-n2cccc2)c1. The van der Waals surface area contributed by atoms with Crippen LogP contribution in [0.3, 0.4) is 0 Å². The van der Waals surface area contributed by atoms with Crippen LogP contribution in [0, 0.1) is 6.92 Å². The Balaban J connectivity index is 1.90. The number of aryl methyl sites for hydroxylation is 1. The number of hydrogen-bond donors (Lipinski definition) is 1. The minimum Gasteiger partial charge on any atom is -0.341 e. The van der Waals surface area contributed by atoms with Crippen LogP contribution in [-0.2, 0) is 4.79 Å². The largest absolute Gasteiger partial charge is 0.341 e. The number of likely N-dealkylation sites (tertiary alicyclic amines) is 1. The smallest absolute Gasteiger partial charge is 0.254 e. The highest BCUT2D eigenvalue weighted by Gasteiger charge is 2.40. The lowest BCUT2D eigenvalue weighted by molar-refractivity contribution is -0.134. The van der Waals surface area contributed by atoms with Crippen molar-refractivity contribution in [1.82, 2.24) is 14.4 Å². The lowest BCUT2D eigenvalue weighted by Crippen LogP contribution is -2.47. The van der Waals surface area contributed by atoms with Gasteiger partial charge in [0.2, 0.25) is 5.91 Å². The fraction of sp³-hybridized carbons (Fsp3) is 0.429. The molecule has 0 unspecified atom stereocenters. The Hall–Kier alpha value is -2.60. The van der Waals surface area contributed by atoms with Gasteiger partial charge in [0.1, 0.15) is 6.04 Å². The summed E-state index contributed by atoms with van der Waals surface area (Å²) in [6, 6.07) is 8.91. The standard InChI is InChI=1S/C21H28N4O2/c1-4-23(5-2)21(27)19-13-17(22)14-25(19)20(26)16-9-8-15(3)18(12-16)24-10-6-7-11-24/h6-12,17,19H,4-5,13-14,22H2,1-3H3/t17-,19-/m0/s1. The summed E-state index contributed by atoms with van der Waals surface area (Å²) in [7, 11) is 0. The molecule has 144 valence electrons. The summed E-state index contributed by atoms with van der Waals surface area (Å²) in [5.41, 5.74) is 8.73. The molecule has 2 aromatic rings. The zero-order valence-electron chi connectivity index (χ0n) is 16.3. The first-order valence-electron chi connectivity index (χ1n) is 9.55. The maximum absolute atomic E-state index is 13.2. The van der Waals surface area contributed by atoms with Crippen LogP contribution in [0.5, 0.6) is 0 Å². The minimum atomic E-state index is -0.483. The van der Waals surface area contributed by atoms with E-state index in [0.717, 1.165) is 11.3 Å². The summed E-state index contributed by atoms with van der Waals surface area (Å²) in [5.74, 6) is -0.152. The molecule has 1 aliphatic rings. The summed E-state index contributed by atoms with van der Waals surface area (Å²) in [6.45, 7) is 7.58. The van der Waals surface area contributed by atoms with Crippen LogP contribution in [0.4, 0.5) is 0 Å². The number of rotatable bonds is 5. The molecule has 1 saturated heterocycles. The molecule has 2 N–H and O–H groups in total. The molecule has 0 bridgehead atoms. The highest BCUT2D eigenvalue weighted by molar-refractivity contribution is 5.98. The van der Waals surface area contributed by atoms with Crippen LogP contribution in [-0.4, -0.2) is 57.9 Å². The number of nitrogens with zero attached hydrogens (tertiary/aromatic N) is 3. The number of hydrogen-bond acceptors (Lipinski definition) is 3. The second-order valence-corrected chi connectivity index (χ2v) is 7.07. The molecule has 2 atom stereocenters. The molecule has 1 aromatic heterocycles. The van der Waals surface area contributed by atoms with E-state index in [2.05, 4.69) is 0 Å². The number of likely N-dealkylation sites (N-methyl/N-ethyl adjacent to an activating group) is 1. The fourth-order valence-corrected chi connectivity index (χ4v) is 3.75. The number of nitrogens with two attached hydrogens (primary N) is 1. The second-order valence-electron chi connectivity index (χ2n) is 7.07. The van der Waals surface area contributed by atoms with Gasteiger partial charge in [-0.1, -0.05) is 6.07 Å². The fourth-order valence-electron chi connectivity index (χ4n) is 3.75. The normalized spacial score (nSPS) is 19.3. The number of carbonyl (C=O) groups is 2. The molecule has 0 radical (unpaired) electrons. The van der Waals surface area contributed by atoms with Gasteiger partial charge in [0.05, 0.1) is 0 Å². The summed E-state index contributed by atoms with van der Waals surface area (Å²) in [6.07, 6.45) is 4.42. The van der Waals surface area contributed by atoms with E-state index >= 15 is 0 Å². The van der Waals surface area contributed by atoms with E-state index in [1.54, 1.807) is 9.80 Å². The summed E-state index contributed by atoms with van der Waals surface area (Å²) < 4.78 is 1.99. The van der Waals surface area contributed by atoms with Gasteiger partial charge >= 0.3 is 0 Å². The number of amides is 2. The highest BCUT2D eigenvalue weighted by Crippen LogP contribution is 2.24. The monoisotopic (exact) mass is 368 g/mol. The van der Waals surface area contributed by atoms with Crippen LogP contribution >= 0.6 is 0 Å². The Morgan fingerprint density at radius 3 is 2.48 bits per heavy atom. The van der Waals surface area contributed by atoms with Crippen molar-refractivity contribution in [2.24, 2.45) is 5.73 Å². The van der Waals surface area contributed by atoms with E-state index in [1.807, 2.05) is 68.1 Å². The van der Waals surface area contributed by atoms with E-state index in [9.17, 15) is 9.59 Å². The molecule has 1 fully saturated rings. The highest BCUT2D eigenvalue weighted by atomic mass is 16.2. The third-order valence-electron chi connectivity index (χ3n) is 5.29. The average Bonchev–Trinajstić information content (AvgIpc) is 3.32. The van der Waals surface area contributed by atoms with Gasteiger partial charge in [-0.25, -0.2) is 0 Å². The van der Waals surface area contributed by atoms with E-state index in [-0.39, 0.29) is 17.9 Å². The summed E-state index contributed by atoms with van der Waals surface area (Å²) >= 11 is 0. The number of aromatic nitrogens is 1. The molecule has 2 heterocycles. The van der Waals surface area contributed by atoms with Gasteiger partial charge in [-0.3, -0.25) is 9.59 Å². The zero-order valence-corrected chi connectivity index (χ0v) is 16.3. The predicted octanol–water partition coefficient (Wildman–Crippen LogP) is 2.20. The van der Waals surface area contributed by atoms with Gasteiger partial charge in [0.25, 0.3) is 5.91 Å². The molecule has 1 aromatic carbocycles. The van der Waals surface area contributed by atoms with Crippen LogP contribution in [0.2, 0.25) is 0 Å². The third-order valence-corrected chi connectivity index (χ3v) is 5.29. The Morgan fingerprint density at radius 1 is 1.19 bits per heavy atom. The van der Waals surface area contributed by atoms with Crippen molar-refractivity contribution < 1.29 is 9.59 Å². The van der Waals surface area contributed by atoms with Crippen molar-refractivity contribution >= 4 is 11.8 Å². The summed E-state index contributed by atoms with van der Waals surface area (Å²) in [5, 5.41) is 0. The van der Waals surface area contributed by atoms with E-state index in [4.69, 9.17) is 5.73 Å². The molecular formula is C21H28N4O2. The quantitative estimate of drug-likeness (QED) is 0.879. The van der Waals surface area contributed by atoms with Gasteiger partial charge < -0.3 is 20.1 Å². The maximum atomic E-state index is 13.2. The first kappa shape index (κ1) is 19.2. The molecule has 3 rings (SSSR count). The van der Waals surface area contributed by atoms with Crippen molar-refractivity contribution in [1.29, 1.82) is 0 Å². The third kappa shape index (κ3) is 3.76. The van der Waals surface area contributed by atoms with Gasteiger partial charge in [0.15, 0.2) is 0 Å². The van der Waals surface area contributed by atoms with Crippen LogP contribution in [0.25, 0.3) is 5.69 Å². The Labute approximate surface area is 160 Å².